The van der Waals surface area contributed by atoms with E-state index < -0.39 is 61.4 Å². The summed E-state index contributed by atoms with van der Waals surface area (Å²) < 4.78 is 21.7. The van der Waals surface area contributed by atoms with Crippen molar-refractivity contribution in [3.05, 3.63) is 23.5 Å². The maximum absolute atomic E-state index is 11.5. The molecule has 5 N–H and O–H groups in total. The molecule has 1 saturated heterocycles. The number of hydrogen-bond donors (Lipinski definition) is 5. The van der Waals surface area contributed by atoms with E-state index in [0.717, 1.165) is 11.8 Å². The van der Waals surface area contributed by atoms with Crippen LogP contribution in [0.4, 0.5) is 0 Å². The summed E-state index contributed by atoms with van der Waals surface area (Å²) in [5.41, 5.74) is 0.903. The quantitative estimate of drug-likeness (QED) is 0.334. The topological polar surface area (TPSA) is 155 Å². The van der Waals surface area contributed by atoms with Crippen molar-refractivity contribution in [2.75, 3.05) is 20.3 Å². The van der Waals surface area contributed by atoms with Crippen molar-refractivity contribution in [2.45, 2.75) is 43.4 Å². The minimum atomic E-state index is -1.58. The summed E-state index contributed by atoms with van der Waals surface area (Å²) in [4.78, 5) is 11.5. The normalized spacial score (nSPS) is 41.4. The number of carboxylic acid groups (broad SMARTS) is 1. The lowest BCUT2D eigenvalue weighted by Gasteiger charge is -2.42. The second-order valence-corrected chi connectivity index (χ2v) is 6.80. The van der Waals surface area contributed by atoms with Gasteiger partial charge in [0.05, 0.1) is 31.0 Å². The maximum atomic E-state index is 11.5. The molecule has 3 aliphatic rings. The standard InChI is InChI=1S/C17H24O10/c1-24-5-7-2-3-8-9(15(22)23)6-25-16(11(7)8)27-17-14(21)13(20)12(19)10(4-18)26-17/h2,6,8,10-14,16-21H,3-5H2,1H3,(H,22,23)/t8-,10-,11-,12-,13+,14-,16+,17+/m1/s1. The zero-order chi connectivity index (χ0) is 19.7. The van der Waals surface area contributed by atoms with Crippen LogP contribution < -0.4 is 0 Å². The van der Waals surface area contributed by atoms with Gasteiger partial charge in [0.25, 0.3) is 0 Å². The van der Waals surface area contributed by atoms with Crippen LogP contribution in [0.3, 0.4) is 0 Å². The van der Waals surface area contributed by atoms with Gasteiger partial charge in [-0.3, -0.25) is 0 Å². The molecule has 0 radical (unpaired) electrons. The largest absolute Gasteiger partial charge is 0.478 e. The predicted molar refractivity (Wildman–Crippen MR) is 87.0 cm³/mol. The van der Waals surface area contributed by atoms with Crippen LogP contribution in [0.5, 0.6) is 0 Å². The third kappa shape index (κ3) is 3.74. The number of aliphatic hydroxyl groups excluding tert-OH is 4. The van der Waals surface area contributed by atoms with Crippen LogP contribution in [0.2, 0.25) is 0 Å². The minimum Gasteiger partial charge on any atom is -0.478 e. The molecule has 10 nitrogen and oxygen atoms in total. The molecule has 0 bridgehead atoms. The Hall–Kier alpha value is -1.53. The number of allylic oxidation sites excluding steroid dienone is 1. The van der Waals surface area contributed by atoms with E-state index in [1.54, 1.807) is 0 Å². The lowest BCUT2D eigenvalue weighted by atomic mass is 9.83. The lowest BCUT2D eigenvalue weighted by Crippen LogP contribution is -2.60. The van der Waals surface area contributed by atoms with Crippen LogP contribution in [0.25, 0.3) is 0 Å². The van der Waals surface area contributed by atoms with Gasteiger partial charge in [-0.2, -0.15) is 0 Å². The van der Waals surface area contributed by atoms with E-state index in [-0.39, 0.29) is 12.2 Å². The summed E-state index contributed by atoms with van der Waals surface area (Å²) >= 11 is 0. The SMILES string of the molecule is COCC1=CC[C@@H]2C(C(=O)O)=CO[C@@H](O[C@@H]3O[C@H](CO)[C@@H](O)[C@H](O)[C@H]3O)[C@H]12. The van der Waals surface area contributed by atoms with Gasteiger partial charge >= 0.3 is 5.97 Å². The van der Waals surface area contributed by atoms with E-state index in [4.69, 9.17) is 18.9 Å². The number of carbonyl (C=O) groups is 1. The van der Waals surface area contributed by atoms with Crippen LogP contribution in [0.1, 0.15) is 6.42 Å². The number of carboxylic acids is 1. The number of hydrogen-bond acceptors (Lipinski definition) is 9. The van der Waals surface area contributed by atoms with Gasteiger partial charge in [0.1, 0.15) is 24.4 Å². The summed E-state index contributed by atoms with van der Waals surface area (Å²) in [5.74, 6) is -1.96. The average Bonchev–Trinajstić information content (AvgIpc) is 3.06. The Labute approximate surface area is 155 Å². The molecule has 1 fully saturated rings. The van der Waals surface area contributed by atoms with Crippen molar-refractivity contribution in [1.29, 1.82) is 0 Å². The predicted octanol–water partition coefficient (Wildman–Crippen LogP) is -1.66. The molecule has 0 spiro atoms. The molecule has 2 heterocycles. The van der Waals surface area contributed by atoms with Crippen LogP contribution in [-0.2, 0) is 23.7 Å². The molecule has 0 aromatic heterocycles. The fraction of sp³-hybridized carbons (Fsp3) is 0.706. The highest BCUT2D eigenvalue weighted by Crippen LogP contribution is 2.44. The summed E-state index contributed by atoms with van der Waals surface area (Å²) in [6, 6.07) is 0. The second-order valence-electron chi connectivity index (χ2n) is 6.80. The molecular weight excluding hydrogens is 364 g/mol. The van der Waals surface area contributed by atoms with Crippen molar-refractivity contribution >= 4 is 5.97 Å². The Morgan fingerprint density at radius 3 is 2.59 bits per heavy atom. The molecule has 152 valence electrons. The Morgan fingerprint density at radius 1 is 1.22 bits per heavy atom. The van der Waals surface area contributed by atoms with Gasteiger partial charge in [0.15, 0.2) is 6.29 Å². The third-order valence-electron chi connectivity index (χ3n) is 5.19. The molecule has 3 rings (SSSR count). The highest BCUT2D eigenvalue weighted by molar-refractivity contribution is 5.87. The Bertz CT molecular complexity index is 615. The number of aliphatic carboxylic acids is 1. The first kappa shape index (κ1) is 20.2. The zero-order valence-corrected chi connectivity index (χ0v) is 14.7. The first-order chi connectivity index (χ1) is 12.9. The van der Waals surface area contributed by atoms with Gasteiger partial charge in [-0.1, -0.05) is 6.08 Å². The summed E-state index contributed by atoms with van der Waals surface area (Å²) in [5, 5.41) is 48.6. The number of aliphatic hydroxyl groups is 4. The highest BCUT2D eigenvalue weighted by Gasteiger charge is 2.49. The molecule has 27 heavy (non-hydrogen) atoms. The monoisotopic (exact) mass is 388 g/mol. The summed E-state index contributed by atoms with van der Waals surface area (Å²) in [6.07, 6.45) is -4.70. The van der Waals surface area contributed by atoms with Gasteiger partial charge < -0.3 is 44.5 Å². The van der Waals surface area contributed by atoms with Crippen LogP contribution in [0, 0.1) is 11.8 Å². The molecule has 0 unspecified atom stereocenters. The van der Waals surface area contributed by atoms with Crippen molar-refractivity contribution in [3.8, 4) is 0 Å². The van der Waals surface area contributed by atoms with Gasteiger partial charge in [0.2, 0.25) is 6.29 Å². The molecule has 0 saturated carbocycles. The van der Waals surface area contributed by atoms with Crippen molar-refractivity contribution in [2.24, 2.45) is 11.8 Å². The summed E-state index contributed by atoms with van der Waals surface area (Å²) in [7, 11) is 1.51. The fourth-order valence-electron chi connectivity index (χ4n) is 3.78. The second kappa shape index (κ2) is 8.23. The Balaban J connectivity index is 1.80. The molecule has 0 aromatic rings. The van der Waals surface area contributed by atoms with E-state index in [1.165, 1.54) is 7.11 Å². The van der Waals surface area contributed by atoms with Crippen LogP contribution in [0.15, 0.2) is 23.5 Å². The molecule has 8 atom stereocenters. The van der Waals surface area contributed by atoms with E-state index in [9.17, 15) is 30.3 Å². The van der Waals surface area contributed by atoms with Crippen molar-refractivity contribution in [3.63, 3.8) is 0 Å². The zero-order valence-electron chi connectivity index (χ0n) is 14.7. The van der Waals surface area contributed by atoms with Gasteiger partial charge in [-0.25, -0.2) is 4.79 Å². The van der Waals surface area contributed by atoms with Gasteiger partial charge in [-0.05, 0) is 12.0 Å². The van der Waals surface area contributed by atoms with Crippen LogP contribution >= 0.6 is 0 Å². The van der Waals surface area contributed by atoms with E-state index in [2.05, 4.69) is 0 Å². The van der Waals surface area contributed by atoms with Crippen LogP contribution in [-0.4, -0.2) is 88.8 Å². The van der Waals surface area contributed by atoms with Gasteiger partial charge in [-0.15, -0.1) is 0 Å². The summed E-state index contributed by atoms with van der Waals surface area (Å²) in [6.45, 7) is -0.327. The number of methoxy groups -OCH3 is 1. The smallest absolute Gasteiger partial charge is 0.335 e. The Morgan fingerprint density at radius 2 is 1.96 bits per heavy atom. The number of rotatable bonds is 6. The molecule has 0 aromatic carbocycles. The molecule has 10 heteroatoms. The molecule has 1 aliphatic carbocycles. The molecular formula is C17H24O10. The number of ether oxygens (including phenoxy) is 4. The fourth-order valence-corrected chi connectivity index (χ4v) is 3.78. The van der Waals surface area contributed by atoms with Gasteiger partial charge in [0, 0.05) is 13.0 Å². The van der Waals surface area contributed by atoms with E-state index in [1.807, 2.05) is 6.08 Å². The lowest BCUT2D eigenvalue weighted by molar-refractivity contribution is -0.339. The minimum absolute atomic E-state index is 0.107. The van der Waals surface area contributed by atoms with E-state index >= 15 is 0 Å². The first-order valence-electron chi connectivity index (χ1n) is 8.61. The average molecular weight is 388 g/mol. The van der Waals surface area contributed by atoms with Crippen molar-refractivity contribution in [1.82, 2.24) is 0 Å². The maximum Gasteiger partial charge on any atom is 0.335 e. The van der Waals surface area contributed by atoms with Crippen molar-refractivity contribution < 1.29 is 49.3 Å². The third-order valence-corrected chi connectivity index (χ3v) is 5.19. The van der Waals surface area contributed by atoms with E-state index in [0.29, 0.717) is 6.42 Å². The first-order valence-corrected chi connectivity index (χ1v) is 8.61. The molecule has 0 amide bonds. The Kier molecular flexibility index (Phi) is 6.16. The molecule has 2 aliphatic heterocycles. The highest BCUT2D eigenvalue weighted by atomic mass is 16.8. The number of fused-ring (bicyclic) bond motifs is 1.